The van der Waals surface area contributed by atoms with Crippen molar-refractivity contribution in [3.8, 4) is 0 Å². The number of nitrogens with one attached hydrogen (secondary N) is 1. The molecule has 0 radical (unpaired) electrons. The summed E-state index contributed by atoms with van der Waals surface area (Å²) in [5.74, 6) is -0.493. The molecule has 0 aliphatic carbocycles. The normalized spacial score (nSPS) is 22.5. The van der Waals surface area contributed by atoms with E-state index >= 15 is 0 Å². The first-order valence-electron chi connectivity index (χ1n) is 9.95. The van der Waals surface area contributed by atoms with Crippen LogP contribution in [0.25, 0.3) is 0 Å². The number of morpholine rings is 1. The van der Waals surface area contributed by atoms with Crippen molar-refractivity contribution in [1.82, 2.24) is 10.2 Å². The second-order valence-corrected chi connectivity index (χ2v) is 8.86. The Kier molecular flexibility index (Phi) is 7.20. The number of ether oxygens (including phenoxy) is 3. The lowest BCUT2D eigenvalue weighted by atomic mass is 9.99. The molecule has 0 atom stereocenters. The van der Waals surface area contributed by atoms with E-state index in [2.05, 4.69) is 10.2 Å². The van der Waals surface area contributed by atoms with Gasteiger partial charge >= 0.3 is 5.97 Å². The van der Waals surface area contributed by atoms with Gasteiger partial charge in [-0.25, -0.2) is 4.79 Å². The van der Waals surface area contributed by atoms with Crippen LogP contribution in [-0.4, -0.2) is 68.3 Å². The van der Waals surface area contributed by atoms with Crippen molar-refractivity contribution in [3.05, 3.63) is 21.2 Å². The lowest BCUT2D eigenvalue weighted by Gasteiger charge is -2.36. The van der Waals surface area contributed by atoms with Crippen LogP contribution in [0.4, 0.5) is 0 Å². The summed E-state index contributed by atoms with van der Waals surface area (Å²) in [5, 5.41) is 3.20. The molecule has 7 nitrogen and oxygen atoms in total. The summed E-state index contributed by atoms with van der Waals surface area (Å²) in [7, 11) is 0. The molecule has 0 aromatic heterocycles. The molecule has 0 spiro atoms. The van der Waals surface area contributed by atoms with Gasteiger partial charge < -0.3 is 19.5 Å². The molecule has 0 aromatic rings. The Hall–Kier alpha value is -1.35. The van der Waals surface area contributed by atoms with Crippen LogP contribution in [0.2, 0.25) is 0 Å². The number of ketones is 1. The van der Waals surface area contributed by atoms with Gasteiger partial charge in [-0.05, 0) is 33.7 Å². The van der Waals surface area contributed by atoms with Crippen molar-refractivity contribution in [2.24, 2.45) is 0 Å². The van der Waals surface area contributed by atoms with Gasteiger partial charge in [0.05, 0.1) is 36.9 Å². The van der Waals surface area contributed by atoms with E-state index in [0.29, 0.717) is 24.4 Å². The zero-order valence-electron chi connectivity index (χ0n) is 17.0. The molecule has 3 heterocycles. The van der Waals surface area contributed by atoms with E-state index in [0.717, 1.165) is 49.9 Å². The molecule has 0 bridgehead atoms. The minimum absolute atomic E-state index is 0.0230. The zero-order valence-corrected chi connectivity index (χ0v) is 17.8. The highest BCUT2D eigenvalue weighted by molar-refractivity contribution is 8.07. The van der Waals surface area contributed by atoms with Gasteiger partial charge in [-0.1, -0.05) is 11.8 Å². The molecule has 0 unspecified atom stereocenters. The molecule has 8 heteroatoms. The van der Waals surface area contributed by atoms with Gasteiger partial charge in [0.2, 0.25) is 0 Å². The molecule has 1 saturated heterocycles. The van der Waals surface area contributed by atoms with Crippen LogP contribution in [0.3, 0.4) is 0 Å². The van der Waals surface area contributed by atoms with Gasteiger partial charge in [-0.2, -0.15) is 0 Å². The Morgan fingerprint density at radius 2 is 2.04 bits per heavy atom. The predicted molar refractivity (Wildman–Crippen MR) is 108 cm³/mol. The van der Waals surface area contributed by atoms with Crippen LogP contribution in [-0.2, 0) is 23.8 Å². The standard InChI is InChI=1S/C20H30N2O5S/c1-4-26-19(24)17-18(15(23)6-5-7-22-8-10-25-11-9-22)28-16-13-27-20(2,3)12-14(16)21-17/h21H,4-13H2,1-3H3. The molecular weight excluding hydrogens is 380 g/mol. The number of thioether (sulfide) groups is 1. The quantitative estimate of drug-likeness (QED) is 0.640. The van der Waals surface area contributed by atoms with Gasteiger partial charge in [-0.15, -0.1) is 0 Å². The Morgan fingerprint density at radius 1 is 1.29 bits per heavy atom. The summed E-state index contributed by atoms with van der Waals surface area (Å²) in [6.07, 6.45) is 1.82. The first-order chi connectivity index (χ1) is 13.4. The van der Waals surface area contributed by atoms with E-state index in [1.165, 1.54) is 11.8 Å². The van der Waals surface area contributed by atoms with Crippen molar-refractivity contribution < 1.29 is 23.8 Å². The highest BCUT2D eigenvalue weighted by atomic mass is 32.2. The monoisotopic (exact) mass is 410 g/mol. The van der Waals surface area contributed by atoms with Crippen molar-refractivity contribution >= 4 is 23.5 Å². The third-order valence-electron chi connectivity index (χ3n) is 4.98. The molecular formula is C20H30N2O5S. The fourth-order valence-electron chi connectivity index (χ4n) is 3.46. The number of hydrogen-bond donors (Lipinski definition) is 1. The maximum absolute atomic E-state index is 12.9. The van der Waals surface area contributed by atoms with E-state index in [4.69, 9.17) is 14.2 Å². The van der Waals surface area contributed by atoms with Gasteiger partial charge in [0, 0.05) is 36.5 Å². The van der Waals surface area contributed by atoms with E-state index in [-0.39, 0.29) is 23.7 Å². The topological polar surface area (TPSA) is 77.1 Å². The highest BCUT2D eigenvalue weighted by Gasteiger charge is 2.36. The number of nitrogens with zero attached hydrogens (tertiary/aromatic N) is 1. The molecule has 3 aliphatic rings. The summed E-state index contributed by atoms with van der Waals surface area (Å²) in [4.78, 5) is 29.1. The van der Waals surface area contributed by atoms with Gasteiger partial charge in [0.15, 0.2) is 5.78 Å². The van der Waals surface area contributed by atoms with Crippen LogP contribution >= 0.6 is 11.8 Å². The van der Waals surface area contributed by atoms with Crippen molar-refractivity contribution in [1.29, 1.82) is 0 Å². The van der Waals surface area contributed by atoms with E-state index in [1.807, 2.05) is 13.8 Å². The van der Waals surface area contributed by atoms with Crippen molar-refractivity contribution in [3.63, 3.8) is 0 Å². The largest absolute Gasteiger partial charge is 0.461 e. The average Bonchev–Trinajstić information content (AvgIpc) is 2.67. The molecule has 28 heavy (non-hydrogen) atoms. The summed E-state index contributed by atoms with van der Waals surface area (Å²) in [6.45, 7) is 10.7. The van der Waals surface area contributed by atoms with Gasteiger partial charge in [-0.3, -0.25) is 9.69 Å². The Balaban J connectivity index is 1.67. The Morgan fingerprint density at radius 3 is 2.75 bits per heavy atom. The maximum atomic E-state index is 12.9. The molecule has 1 fully saturated rings. The number of carbonyl (C=O) groups is 2. The van der Waals surface area contributed by atoms with Gasteiger partial charge in [0.1, 0.15) is 5.70 Å². The third-order valence-corrected chi connectivity index (χ3v) is 6.22. The number of hydrogen-bond acceptors (Lipinski definition) is 8. The molecule has 3 aliphatic heterocycles. The average molecular weight is 411 g/mol. The minimum Gasteiger partial charge on any atom is -0.461 e. The first kappa shape index (κ1) is 21.4. The summed E-state index contributed by atoms with van der Waals surface area (Å²) in [6, 6.07) is 0. The summed E-state index contributed by atoms with van der Waals surface area (Å²) < 4.78 is 16.4. The second-order valence-electron chi connectivity index (χ2n) is 7.76. The summed E-state index contributed by atoms with van der Waals surface area (Å²) >= 11 is 1.36. The SMILES string of the molecule is CCOC(=O)C1=C(C(=O)CCCN2CCOCC2)SC2=C(CC(C)(C)OC2)N1. The maximum Gasteiger partial charge on any atom is 0.356 e. The molecule has 0 saturated carbocycles. The van der Waals surface area contributed by atoms with Crippen LogP contribution in [0.5, 0.6) is 0 Å². The van der Waals surface area contributed by atoms with E-state index in [1.54, 1.807) is 6.92 Å². The number of allylic oxidation sites excluding steroid dienone is 1. The van der Waals surface area contributed by atoms with Crippen molar-refractivity contribution in [2.45, 2.75) is 45.6 Å². The fourth-order valence-corrected chi connectivity index (χ4v) is 4.52. The fraction of sp³-hybridized carbons (Fsp3) is 0.700. The third kappa shape index (κ3) is 5.37. The predicted octanol–water partition coefficient (Wildman–Crippen LogP) is 2.19. The Labute approximate surface area is 170 Å². The van der Waals surface area contributed by atoms with E-state index < -0.39 is 5.97 Å². The number of Topliss-reactive ketones (excluding diaryl/α,β-unsaturated/α-hetero) is 1. The number of carbonyl (C=O) groups excluding carboxylic acids is 2. The lowest BCUT2D eigenvalue weighted by molar-refractivity contribution is -0.139. The molecule has 0 aromatic carbocycles. The lowest BCUT2D eigenvalue weighted by Crippen LogP contribution is -2.38. The first-order valence-corrected chi connectivity index (χ1v) is 10.8. The molecule has 1 N–H and O–H groups in total. The molecule has 156 valence electrons. The van der Waals surface area contributed by atoms with Gasteiger partial charge in [0.25, 0.3) is 0 Å². The highest BCUT2D eigenvalue weighted by Crippen LogP contribution is 2.41. The van der Waals surface area contributed by atoms with Crippen molar-refractivity contribution in [2.75, 3.05) is 46.1 Å². The summed E-state index contributed by atoms with van der Waals surface area (Å²) in [5.41, 5.74) is 0.931. The Bertz CT molecular complexity index is 680. The number of rotatable bonds is 7. The number of esters is 1. The van der Waals surface area contributed by atoms with Crippen LogP contribution in [0.15, 0.2) is 21.2 Å². The minimum atomic E-state index is -0.470. The smallest absolute Gasteiger partial charge is 0.356 e. The second kappa shape index (κ2) is 9.43. The van der Waals surface area contributed by atoms with Crippen LogP contribution < -0.4 is 5.32 Å². The molecule has 3 rings (SSSR count). The zero-order chi connectivity index (χ0) is 20.1. The van der Waals surface area contributed by atoms with E-state index in [9.17, 15) is 9.59 Å². The van der Waals surface area contributed by atoms with Crippen LogP contribution in [0.1, 0.15) is 40.0 Å². The van der Waals surface area contributed by atoms with Crippen LogP contribution in [0, 0.1) is 0 Å². The molecule has 0 amide bonds.